The maximum atomic E-state index is 12.0. The first-order chi connectivity index (χ1) is 9.76. The summed E-state index contributed by atoms with van der Waals surface area (Å²) in [7, 11) is 0. The van der Waals surface area contributed by atoms with Crippen molar-refractivity contribution < 1.29 is 4.79 Å². The van der Waals surface area contributed by atoms with Gasteiger partial charge in [0.1, 0.15) is 0 Å². The fraction of sp³-hybridized carbons (Fsp3) is 0.938. The zero-order valence-corrected chi connectivity index (χ0v) is 13.2. The van der Waals surface area contributed by atoms with Crippen molar-refractivity contribution in [3.05, 3.63) is 0 Å². The van der Waals surface area contributed by atoms with Gasteiger partial charge in [0.25, 0.3) is 0 Å². The van der Waals surface area contributed by atoms with Gasteiger partial charge in [-0.3, -0.25) is 4.79 Å². The van der Waals surface area contributed by atoms with Crippen LogP contribution < -0.4 is 0 Å². The fourth-order valence-electron chi connectivity index (χ4n) is 4.29. The molecule has 3 fully saturated rings. The van der Waals surface area contributed by atoms with Crippen LogP contribution >= 0.6 is 11.6 Å². The largest absolute Gasteiger partial charge is 0.342 e. The second-order valence-corrected chi connectivity index (χ2v) is 7.27. The molecule has 1 aliphatic carbocycles. The van der Waals surface area contributed by atoms with Crippen molar-refractivity contribution in [3.63, 3.8) is 0 Å². The molecule has 0 radical (unpaired) electrons. The Morgan fingerprint density at radius 3 is 2.55 bits per heavy atom. The molecule has 2 saturated heterocycles. The molecule has 2 atom stereocenters. The van der Waals surface area contributed by atoms with E-state index in [1.165, 1.54) is 51.6 Å². The summed E-state index contributed by atoms with van der Waals surface area (Å²) in [4.78, 5) is 16.8. The number of nitrogens with zero attached hydrogens (tertiary/aromatic N) is 2. The van der Waals surface area contributed by atoms with Gasteiger partial charge in [0, 0.05) is 38.0 Å². The van der Waals surface area contributed by atoms with Gasteiger partial charge >= 0.3 is 0 Å². The number of piperidine rings is 1. The standard InChI is InChI=1S/C16H27ClN2O/c17-9-14-8-16(20)19(12-14)11-13-4-3-7-18(10-13)15-5-1-2-6-15/h13-15H,1-12H2. The molecule has 0 aromatic heterocycles. The summed E-state index contributed by atoms with van der Waals surface area (Å²) in [5, 5.41) is 0. The molecule has 114 valence electrons. The highest BCUT2D eigenvalue weighted by Crippen LogP contribution is 2.29. The van der Waals surface area contributed by atoms with E-state index in [1.807, 2.05) is 0 Å². The van der Waals surface area contributed by atoms with Crippen LogP contribution in [0.1, 0.15) is 44.9 Å². The van der Waals surface area contributed by atoms with Crippen LogP contribution in [-0.2, 0) is 4.79 Å². The molecular formula is C16H27ClN2O. The molecule has 3 nitrogen and oxygen atoms in total. The van der Waals surface area contributed by atoms with Crippen molar-refractivity contribution in [1.29, 1.82) is 0 Å². The molecule has 1 amide bonds. The van der Waals surface area contributed by atoms with Crippen LogP contribution in [0, 0.1) is 11.8 Å². The molecule has 2 unspecified atom stereocenters. The number of carbonyl (C=O) groups is 1. The smallest absolute Gasteiger partial charge is 0.222 e. The maximum Gasteiger partial charge on any atom is 0.222 e. The molecule has 0 bridgehead atoms. The lowest BCUT2D eigenvalue weighted by atomic mass is 9.95. The second-order valence-electron chi connectivity index (χ2n) is 6.96. The van der Waals surface area contributed by atoms with Gasteiger partial charge in [0.05, 0.1) is 0 Å². The Balaban J connectivity index is 1.51. The Hall–Kier alpha value is -0.280. The van der Waals surface area contributed by atoms with Crippen LogP contribution in [0.15, 0.2) is 0 Å². The van der Waals surface area contributed by atoms with E-state index in [1.54, 1.807) is 0 Å². The highest BCUT2D eigenvalue weighted by atomic mass is 35.5. The van der Waals surface area contributed by atoms with Gasteiger partial charge in [-0.1, -0.05) is 12.8 Å². The molecule has 2 aliphatic heterocycles. The van der Waals surface area contributed by atoms with Crippen molar-refractivity contribution in [1.82, 2.24) is 9.80 Å². The van der Waals surface area contributed by atoms with Crippen LogP contribution in [0.3, 0.4) is 0 Å². The predicted octanol–water partition coefficient (Wildman–Crippen LogP) is 2.73. The minimum absolute atomic E-state index is 0.327. The van der Waals surface area contributed by atoms with Crippen molar-refractivity contribution in [3.8, 4) is 0 Å². The number of likely N-dealkylation sites (tertiary alicyclic amines) is 2. The lowest BCUT2D eigenvalue weighted by Crippen LogP contribution is -2.45. The highest BCUT2D eigenvalue weighted by Gasteiger charge is 2.33. The Labute approximate surface area is 127 Å². The average molecular weight is 299 g/mol. The third-order valence-corrected chi connectivity index (χ3v) is 5.82. The number of carbonyl (C=O) groups excluding carboxylic acids is 1. The number of rotatable bonds is 4. The van der Waals surface area contributed by atoms with Gasteiger partial charge in [-0.15, -0.1) is 11.6 Å². The van der Waals surface area contributed by atoms with Gasteiger partial charge in [0.15, 0.2) is 0 Å². The molecule has 20 heavy (non-hydrogen) atoms. The fourth-order valence-corrected chi connectivity index (χ4v) is 4.50. The van der Waals surface area contributed by atoms with E-state index in [0.717, 1.165) is 19.1 Å². The zero-order valence-electron chi connectivity index (χ0n) is 12.4. The van der Waals surface area contributed by atoms with Crippen LogP contribution in [0.5, 0.6) is 0 Å². The summed E-state index contributed by atoms with van der Waals surface area (Å²) in [5.41, 5.74) is 0. The molecular weight excluding hydrogens is 272 g/mol. The van der Waals surface area contributed by atoms with E-state index in [4.69, 9.17) is 11.6 Å². The molecule has 2 heterocycles. The van der Waals surface area contributed by atoms with Gasteiger partial charge in [0.2, 0.25) is 5.91 Å². The van der Waals surface area contributed by atoms with E-state index in [2.05, 4.69) is 9.80 Å². The van der Waals surface area contributed by atoms with E-state index < -0.39 is 0 Å². The number of halogens is 1. The topological polar surface area (TPSA) is 23.6 Å². The van der Waals surface area contributed by atoms with Crippen LogP contribution in [-0.4, -0.2) is 53.8 Å². The summed E-state index contributed by atoms with van der Waals surface area (Å²) < 4.78 is 0. The molecule has 0 N–H and O–H groups in total. The average Bonchev–Trinajstić information content (AvgIpc) is 3.10. The molecule has 0 spiro atoms. The summed E-state index contributed by atoms with van der Waals surface area (Å²) in [6, 6.07) is 0.836. The quantitative estimate of drug-likeness (QED) is 0.745. The van der Waals surface area contributed by atoms with Gasteiger partial charge in [-0.2, -0.15) is 0 Å². The molecule has 4 heteroatoms. The van der Waals surface area contributed by atoms with E-state index >= 15 is 0 Å². The van der Waals surface area contributed by atoms with E-state index in [-0.39, 0.29) is 0 Å². The lowest BCUT2D eigenvalue weighted by Gasteiger charge is -2.38. The number of amides is 1. The highest BCUT2D eigenvalue weighted by molar-refractivity contribution is 6.18. The summed E-state index contributed by atoms with van der Waals surface area (Å²) in [5.74, 6) is 2.02. The van der Waals surface area contributed by atoms with E-state index in [0.29, 0.717) is 30.0 Å². The van der Waals surface area contributed by atoms with Crippen molar-refractivity contribution in [2.24, 2.45) is 11.8 Å². The Morgan fingerprint density at radius 1 is 1.05 bits per heavy atom. The van der Waals surface area contributed by atoms with Crippen molar-refractivity contribution >= 4 is 17.5 Å². The number of hydrogen-bond acceptors (Lipinski definition) is 2. The minimum atomic E-state index is 0.327. The summed E-state index contributed by atoms with van der Waals surface area (Å²) in [6.45, 7) is 4.34. The minimum Gasteiger partial charge on any atom is -0.342 e. The number of alkyl halides is 1. The Bertz CT molecular complexity index is 343. The first-order valence-electron chi connectivity index (χ1n) is 8.34. The zero-order chi connectivity index (χ0) is 13.9. The lowest BCUT2D eigenvalue weighted by molar-refractivity contribution is -0.128. The molecule has 1 saturated carbocycles. The Kier molecular flexibility index (Phi) is 4.87. The first-order valence-corrected chi connectivity index (χ1v) is 8.87. The molecule has 3 aliphatic rings. The SMILES string of the molecule is O=C1CC(CCl)CN1CC1CCCN(C2CCCC2)C1. The Morgan fingerprint density at radius 2 is 1.85 bits per heavy atom. The van der Waals surface area contributed by atoms with Crippen molar-refractivity contribution in [2.45, 2.75) is 51.0 Å². The molecule has 3 rings (SSSR count). The third-order valence-electron chi connectivity index (χ3n) is 5.38. The summed E-state index contributed by atoms with van der Waals surface area (Å²) in [6.07, 6.45) is 8.87. The predicted molar refractivity (Wildman–Crippen MR) is 82.0 cm³/mol. The van der Waals surface area contributed by atoms with Crippen LogP contribution in [0.25, 0.3) is 0 Å². The van der Waals surface area contributed by atoms with Gasteiger partial charge in [-0.25, -0.2) is 0 Å². The van der Waals surface area contributed by atoms with Crippen LogP contribution in [0.2, 0.25) is 0 Å². The maximum absolute atomic E-state index is 12.0. The van der Waals surface area contributed by atoms with Gasteiger partial charge in [-0.05, 0) is 44.1 Å². The van der Waals surface area contributed by atoms with E-state index in [9.17, 15) is 4.79 Å². The molecule has 0 aromatic carbocycles. The third kappa shape index (κ3) is 3.30. The van der Waals surface area contributed by atoms with Crippen molar-refractivity contribution in [2.75, 3.05) is 32.1 Å². The first kappa shape index (κ1) is 14.6. The monoisotopic (exact) mass is 298 g/mol. The van der Waals surface area contributed by atoms with Gasteiger partial charge < -0.3 is 9.80 Å². The number of hydrogen-bond donors (Lipinski definition) is 0. The summed E-state index contributed by atoms with van der Waals surface area (Å²) >= 11 is 5.90. The second kappa shape index (κ2) is 6.65. The normalized spacial score (nSPS) is 33.2. The molecule has 0 aromatic rings. The van der Waals surface area contributed by atoms with Crippen LogP contribution in [0.4, 0.5) is 0 Å².